The molecule has 2 rings (SSSR count). The van der Waals surface area contributed by atoms with E-state index in [0.29, 0.717) is 11.8 Å². The molecular formula is C15H24N2O2. The van der Waals surface area contributed by atoms with Crippen molar-refractivity contribution in [3.63, 3.8) is 0 Å². The van der Waals surface area contributed by atoms with Crippen LogP contribution in [-0.2, 0) is 11.2 Å². The molecule has 19 heavy (non-hydrogen) atoms. The molecule has 1 aliphatic rings. The van der Waals surface area contributed by atoms with Crippen molar-refractivity contribution in [3.05, 3.63) is 11.7 Å². The van der Waals surface area contributed by atoms with Gasteiger partial charge < -0.3 is 4.52 Å². The van der Waals surface area contributed by atoms with Crippen molar-refractivity contribution >= 4 is 5.78 Å². The molecule has 1 aliphatic carbocycles. The maximum Gasteiger partial charge on any atom is 0.234 e. The number of hydrogen-bond donors (Lipinski definition) is 0. The highest BCUT2D eigenvalue weighted by molar-refractivity contribution is 5.84. The third kappa shape index (κ3) is 3.64. The molecule has 0 amide bonds. The Labute approximate surface area is 115 Å². The third-order valence-corrected chi connectivity index (χ3v) is 4.01. The van der Waals surface area contributed by atoms with Gasteiger partial charge in [0.2, 0.25) is 5.89 Å². The Hall–Kier alpha value is -1.19. The fourth-order valence-corrected chi connectivity index (χ4v) is 2.43. The first-order chi connectivity index (χ1) is 8.86. The molecule has 1 aromatic rings. The second kappa shape index (κ2) is 5.43. The molecular weight excluding hydrogens is 240 g/mol. The summed E-state index contributed by atoms with van der Waals surface area (Å²) in [6, 6.07) is 0. The summed E-state index contributed by atoms with van der Waals surface area (Å²) < 4.78 is 5.23. The van der Waals surface area contributed by atoms with Gasteiger partial charge in [-0.25, -0.2) is 0 Å². The first kappa shape index (κ1) is 14.2. The summed E-state index contributed by atoms with van der Waals surface area (Å²) in [5, 5.41) is 4.06. The van der Waals surface area contributed by atoms with Crippen molar-refractivity contribution in [2.45, 2.75) is 65.7 Å². The van der Waals surface area contributed by atoms with Crippen LogP contribution in [0, 0.1) is 11.3 Å². The number of carbonyl (C=O) groups is 1. The van der Waals surface area contributed by atoms with Crippen LogP contribution in [0.3, 0.4) is 0 Å². The average Bonchev–Trinajstić information content (AvgIpc) is 2.77. The quantitative estimate of drug-likeness (QED) is 0.838. The number of aromatic nitrogens is 2. The van der Waals surface area contributed by atoms with Crippen LogP contribution < -0.4 is 0 Å². The van der Waals surface area contributed by atoms with E-state index in [1.807, 2.05) is 20.8 Å². The Balaban J connectivity index is 1.97. The molecule has 0 atom stereocenters. The fraction of sp³-hybridized carbons (Fsp3) is 0.800. The molecule has 0 unspecified atom stereocenters. The molecule has 4 heteroatoms. The van der Waals surface area contributed by atoms with E-state index in [1.165, 1.54) is 12.8 Å². The Bertz CT molecular complexity index is 437. The van der Waals surface area contributed by atoms with E-state index in [2.05, 4.69) is 17.1 Å². The van der Waals surface area contributed by atoms with E-state index in [4.69, 9.17) is 4.52 Å². The summed E-state index contributed by atoms with van der Waals surface area (Å²) in [5.74, 6) is 2.63. The van der Waals surface area contributed by atoms with Crippen LogP contribution in [0.1, 0.15) is 71.0 Å². The molecule has 0 aromatic carbocycles. The summed E-state index contributed by atoms with van der Waals surface area (Å²) in [7, 11) is 0. The van der Waals surface area contributed by atoms with E-state index < -0.39 is 0 Å². The van der Waals surface area contributed by atoms with Crippen molar-refractivity contribution in [1.29, 1.82) is 0 Å². The highest BCUT2D eigenvalue weighted by Crippen LogP contribution is 2.34. The van der Waals surface area contributed by atoms with Crippen molar-refractivity contribution in [3.8, 4) is 0 Å². The number of rotatable bonds is 3. The molecule has 1 fully saturated rings. The highest BCUT2D eigenvalue weighted by atomic mass is 16.5. The lowest BCUT2D eigenvalue weighted by Crippen LogP contribution is -2.22. The molecule has 0 N–H and O–H groups in total. The fourth-order valence-electron chi connectivity index (χ4n) is 2.43. The van der Waals surface area contributed by atoms with Gasteiger partial charge in [0.25, 0.3) is 0 Å². The van der Waals surface area contributed by atoms with Gasteiger partial charge in [-0.05, 0) is 18.8 Å². The van der Waals surface area contributed by atoms with Crippen molar-refractivity contribution in [2.75, 3.05) is 0 Å². The summed E-state index contributed by atoms with van der Waals surface area (Å²) in [6.45, 7) is 8.03. The first-order valence-electron chi connectivity index (χ1n) is 7.22. The van der Waals surface area contributed by atoms with Crippen molar-refractivity contribution in [2.24, 2.45) is 11.3 Å². The molecule has 4 nitrogen and oxygen atoms in total. The molecule has 0 spiro atoms. The molecule has 106 valence electrons. The van der Waals surface area contributed by atoms with Crippen LogP contribution in [0.25, 0.3) is 0 Å². The van der Waals surface area contributed by atoms with E-state index in [-0.39, 0.29) is 17.6 Å². The predicted octanol–water partition coefficient (Wildman–Crippen LogP) is 3.52. The topological polar surface area (TPSA) is 56.0 Å². The summed E-state index contributed by atoms with van der Waals surface area (Å²) in [5.41, 5.74) is -0.352. The smallest absolute Gasteiger partial charge is 0.234 e. The Morgan fingerprint density at radius 1 is 1.26 bits per heavy atom. The minimum absolute atomic E-state index is 0.139. The van der Waals surface area contributed by atoms with Crippen LogP contribution in [-0.4, -0.2) is 15.9 Å². The predicted molar refractivity (Wildman–Crippen MR) is 72.8 cm³/mol. The number of carbonyl (C=O) groups excluding carboxylic acids is 1. The van der Waals surface area contributed by atoms with Gasteiger partial charge in [0.05, 0.1) is 6.42 Å². The van der Waals surface area contributed by atoms with Crippen LogP contribution in [0.15, 0.2) is 4.52 Å². The highest BCUT2D eigenvalue weighted by Gasteiger charge is 2.26. The zero-order valence-electron chi connectivity index (χ0n) is 12.4. The number of nitrogens with zero attached hydrogens (tertiary/aromatic N) is 2. The second-order valence-corrected chi connectivity index (χ2v) is 6.85. The average molecular weight is 264 g/mol. The SMILES string of the molecule is CC1CCC(c2noc(CC(=O)C(C)(C)C)n2)CC1. The number of hydrogen-bond acceptors (Lipinski definition) is 4. The van der Waals surface area contributed by atoms with Gasteiger partial charge in [-0.2, -0.15) is 4.98 Å². The minimum Gasteiger partial charge on any atom is -0.339 e. The van der Waals surface area contributed by atoms with Gasteiger partial charge in [-0.3, -0.25) is 4.79 Å². The lowest BCUT2D eigenvalue weighted by atomic mass is 9.83. The van der Waals surface area contributed by atoms with Gasteiger partial charge in [0.1, 0.15) is 5.78 Å². The van der Waals surface area contributed by atoms with E-state index in [1.54, 1.807) is 0 Å². The van der Waals surface area contributed by atoms with Crippen molar-refractivity contribution < 1.29 is 9.32 Å². The second-order valence-electron chi connectivity index (χ2n) is 6.85. The zero-order chi connectivity index (χ0) is 14.0. The summed E-state index contributed by atoms with van der Waals surface area (Å²) in [4.78, 5) is 16.3. The van der Waals surface area contributed by atoms with Crippen LogP contribution >= 0.6 is 0 Å². The molecule has 0 saturated heterocycles. The van der Waals surface area contributed by atoms with Gasteiger partial charge in [-0.15, -0.1) is 0 Å². The van der Waals surface area contributed by atoms with E-state index in [0.717, 1.165) is 24.6 Å². The van der Waals surface area contributed by atoms with Crippen LogP contribution in [0.4, 0.5) is 0 Å². The minimum atomic E-state index is -0.352. The molecule has 1 heterocycles. The monoisotopic (exact) mass is 264 g/mol. The van der Waals surface area contributed by atoms with E-state index in [9.17, 15) is 4.79 Å². The Morgan fingerprint density at radius 2 is 1.89 bits per heavy atom. The maximum atomic E-state index is 11.9. The molecule has 0 aliphatic heterocycles. The molecule has 1 saturated carbocycles. The Kier molecular flexibility index (Phi) is 4.07. The first-order valence-corrected chi connectivity index (χ1v) is 7.22. The molecule has 0 bridgehead atoms. The summed E-state index contributed by atoms with van der Waals surface area (Å²) >= 11 is 0. The molecule has 0 radical (unpaired) electrons. The number of Topliss-reactive ketones (excluding diaryl/α,β-unsaturated/α-hetero) is 1. The normalized spacial score (nSPS) is 24.4. The standard InChI is InChI=1S/C15H24N2O2/c1-10-5-7-11(8-6-10)14-16-13(19-17-14)9-12(18)15(2,3)4/h10-11H,5-9H2,1-4H3. The van der Waals surface area contributed by atoms with E-state index >= 15 is 0 Å². The van der Waals surface area contributed by atoms with Crippen molar-refractivity contribution in [1.82, 2.24) is 10.1 Å². The van der Waals surface area contributed by atoms with Crippen LogP contribution in [0.2, 0.25) is 0 Å². The van der Waals surface area contributed by atoms with Gasteiger partial charge in [0.15, 0.2) is 5.82 Å². The maximum absolute atomic E-state index is 11.9. The van der Waals surface area contributed by atoms with Crippen LogP contribution in [0.5, 0.6) is 0 Å². The number of ketones is 1. The van der Waals surface area contributed by atoms with Gasteiger partial charge in [0, 0.05) is 11.3 Å². The van der Waals surface area contributed by atoms with Gasteiger partial charge in [-0.1, -0.05) is 45.7 Å². The zero-order valence-corrected chi connectivity index (χ0v) is 12.4. The third-order valence-electron chi connectivity index (χ3n) is 4.01. The lowest BCUT2D eigenvalue weighted by Gasteiger charge is -2.23. The molecule has 1 aromatic heterocycles. The van der Waals surface area contributed by atoms with Gasteiger partial charge >= 0.3 is 0 Å². The largest absolute Gasteiger partial charge is 0.339 e. The Morgan fingerprint density at radius 3 is 2.47 bits per heavy atom. The lowest BCUT2D eigenvalue weighted by molar-refractivity contribution is -0.125. The summed E-state index contributed by atoms with van der Waals surface area (Å²) in [6.07, 6.45) is 4.98.